The molecular weight excluding hydrogens is 270 g/mol. The molecule has 0 radical (unpaired) electrons. The molecule has 1 aliphatic heterocycles. The molecule has 1 saturated heterocycles. The summed E-state index contributed by atoms with van der Waals surface area (Å²) in [5.41, 5.74) is 0.677. The van der Waals surface area contributed by atoms with Crippen molar-refractivity contribution in [3.8, 4) is 0 Å². The van der Waals surface area contributed by atoms with Gasteiger partial charge in [-0.3, -0.25) is 4.79 Å². The molecule has 6 heteroatoms. The minimum absolute atomic E-state index is 0.0776. The van der Waals surface area contributed by atoms with E-state index in [4.69, 9.17) is 5.11 Å². The average molecular weight is 289 g/mol. The molecule has 1 aliphatic rings. The predicted molar refractivity (Wildman–Crippen MR) is 80.0 cm³/mol. The van der Waals surface area contributed by atoms with E-state index in [-0.39, 0.29) is 12.5 Å². The summed E-state index contributed by atoms with van der Waals surface area (Å²) >= 11 is 0. The van der Waals surface area contributed by atoms with Crippen molar-refractivity contribution in [3.05, 3.63) is 30.0 Å². The standard InChI is InChI=1S/C15H19N3O3/c1-17(11-13(19)18-9-2-3-10-18)15-12(5-4-8-16-15)6-7-14(20)21/h4-8H,2-3,9-11H2,1H3,(H,20,21)/b7-6+. The van der Waals surface area contributed by atoms with Gasteiger partial charge in [0.1, 0.15) is 5.82 Å². The summed E-state index contributed by atoms with van der Waals surface area (Å²) < 4.78 is 0. The number of anilines is 1. The van der Waals surface area contributed by atoms with E-state index in [1.54, 1.807) is 30.3 Å². The first-order valence-corrected chi connectivity index (χ1v) is 6.93. The van der Waals surface area contributed by atoms with Crippen molar-refractivity contribution >= 4 is 23.8 Å². The van der Waals surface area contributed by atoms with Crippen LogP contribution in [0.5, 0.6) is 0 Å². The van der Waals surface area contributed by atoms with Crippen LogP contribution in [0.3, 0.4) is 0 Å². The molecule has 1 aromatic rings. The summed E-state index contributed by atoms with van der Waals surface area (Å²) in [5, 5.41) is 8.71. The fourth-order valence-corrected chi connectivity index (χ4v) is 2.36. The van der Waals surface area contributed by atoms with Crippen molar-refractivity contribution in [2.24, 2.45) is 0 Å². The molecule has 0 spiro atoms. The van der Waals surface area contributed by atoms with Gasteiger partial charge in [-0.05, 0) is 31.1 Å². The fourth-order valence-electron chi connectivity index (χ4n) is 2.36. The van der Waals surface area contributed by atoms with E-state index in [1.807, 2.05) is 4.90 Å². The molecule has 1 fully saturated rings. The highest BCUT2D eigenvalue weighted by atomic mass is 16.4. The smallest absolute Gasteiger partial charge is 0.328 e. The number of likely N-dealkylation sites (N-methyl/N-ethyl adjacent to an activating group) is 1. The van der Waals surface area contributed by atoms with Gasteiger partial charge in [-0.25, -0.2) is 9.78 Å². The second kappa shape index (κ2) is 6.88. The van der Waals surface area contributed by atoms with Gasteiger partial charge in [0, 0.05) is 38.0 Å². The zero-order valence-corrected chi connectivity index (χ0v) is 12.0. The van der Waals surface area contributed by atoms with E-state index < -0.39 is 5.97 Å². The lowest BCUT2D eigenvalue weighted by Gasteiger charge is -2.23. The molecule has 1 amide bonds. The van der Waals surface area contributed by atoms with Gasteiger partial charge >= 0.3 is 5.97 Å². The molecule has 0 aliphatic carbocycles. The lowest BCUT2D eigenvalue weighted by molar-refractivity contribution is -0.131. The molecule has 0 atom stereocenters. The Kier molecular flexibility index (Phi) is 4.92. The second-order valence-corrected chi connectivity index (χ2v) is 5.03. The largest absolute Gasteiger partial charge is 0.478 e. The summed E-state index contributed by atoms with van der Waals surface area (Å²) in [5.74, 6) is -0.336. The van der Waals surface area contributed by atoms with E-state index in [2.05, 4.69) is 4.98 Å². The van der Waals surface area contributed by atoms with Gasteiger partial charge in [-0.2, -0.15) is 0 Å². The minimum atomic E-state index is -1.01. The first-order valence-electron chi connectivity index (χ1n) is 6.93. The van der Waals surface area contributed by atoms with Crippen LogP contribution in [0.2, 0.25) is 0 Å². The third kappa shape index (κ3) is 4.05. The van der Waals surface area contributed by atoms with Crippen LogP contribution in [0.1, 0.15) is 18.4 Å². The number of hydrogen-bond donors (Lipinski definition) is 1. The number of likely N-dealkylation sites (tertiary alicyclic amines) is 1. The van der Waals surface area contributed by atoms with Crippen LogP contribution in [0.4, 0.5) is 5.82 Å². The zero-order chi connectivity index (χ0) is 15.2. The topological polar surface area (TPSA) is 73.7 Å². The molecule has 0 saturated carbocycles. The van der Waals surface area contributed by atoms with Crippen molar-refractivity contribution in [2.45, 2.75) is 12.8 Å². The van der Waals surface area contributed by atoms with Gasteiger partial charge in [0.25, 0.3) is 0 Å². The number of nitrogens with zero attached hydrogens (tertiary/aromatic N) is 3. The summed E-state index contributed by atoms with van der Waals surface area (Å²) in [6.45, 7) is 1.88. The molecule has 6 nitrogen and oxygen atoms in total. The second-order valence-electron chi connectivity index (χ2n) is 5.03. The lowest BCUT2D eigenvalue weighted by atomic mass is 10.2. The van der Waals surface area contributed by atoms with Crippen molar-refractivity contribution < 1.29 is 14.7 Å². The third-order valence-corrected chi connectivity index (χ3v) is 3.42. The van der Waals surface area contributed by atoms with Crippen LogP contribution in [0, 0.1) is 0 Å². The number of carboxylic acids is 1. The SMILES string of the molecule is CN(CC(=O)N1CCCC1)c1ncccc1/C=C/C(=O)O. The molecule has 0 unspecified atom stereocenters. The fraction of sp³-hybridized carbons (Fsp3) is 0.400. The molecule has 21 heavy (non-hydrogen) atoms. The number of hydrogen-bond acceptors (Lipinski definition) is 4. The van der Waals surface area contributed by atoms with E-state index in [0.717, 1.165) is 32.0 Å². The molecular formula is C15H19N3O3. The molecule has 2 heterocycles. The quantitative estimate of drug-likeness (QED) is 0.826. The number of aliphatic carboxylic acids is 1. The minimum Gasteiger partial charge on any atom is -0.478 e. The monoisotopic (exact) mass is 289 g/mol. The Balaban J connectivity index is 2.09. The van der Waals surface area contributed by atoms with E-state index in [0.29, 0.717) is 11.4 Å². The van der Waals surface area contributed by atoms with Crippen molar-refractivity contribution in [3.63, 3.8) is 0 Å². The molecule has 112 valence electrons. The number of carboxylic acid groups (broad SMARTS) is 1. The Morgan fingerprint density at radius 3 is 2.81 bits per heavy atom. The van der Waals surface area contributed by atoms with Crippen LogP contribution in [-0.2, 0) is 9.59 Å². The molecule has 0 aromatic carbocycles. The normalized spacial score (nSPS) is 14.6. The summed E-state index contributed by atoms with van der Waals surface area (Å²) in [7, 11) is 1.79. The molecule has 1 N–H and O–H groups in total. The maximum atomic E-state index is 12.2. The average Bonchev–Trinajstić information content (AvgIpc) is 2.99. The van der Waals surface area contributed by atoms with Gasteiger partial charge in [0.05, 0.1) is 6.54 Å². The van der Waals surface area contributed by atoms with Crippen LogP contribution >= 0.6 is 0 Å². The number of carbonyl (C=O) groups is 2. The van der Waals surface area contributed by atoms with Gasteiger partial charge in [0.15, 0.2) is 0 Å². The first-order chi connectivity index (χ1) is 10.1. The highest BCUT2D eigenvalue weighted by Crippen LogP contribution is 2.18. The third-order valence-electron chi connectivity index (χ3n) is 3.42. The molecule has 0 bridgehead atoms. The Bertz CT molecular complexity index is 551. The Morgan fingerprint density at radius 1 is 1.43 bits per heavy atom. The maximum absolute atomic E-state index is 12.2. The number of rotatable bonds is 5. The van der Waals surface area contributed by atoms with Gasteiger partial charge in [-0.1, -0.05) is 0 Å². The zero-order valence-electron chi connectivity index (χ0n) is 12.0. The van der Waals surface area contributed by atoms with Crippen LogP contribution < -0.4 is 4.90 Å². The molecule has 1 aromatic heterocycles. The van der Waals surface area contributed by atoms with Crippen LogP contribution in [0.25, 0.3) is 6.08 Å². The number of amides is 1. The summed E-state index contributed by atoms with van der Waals surface area (Å²) in [6.07, 6.45) is 6.31. The number of pyridine rings is 1. The Morgan fingerprint density at radius 2 is 2.14 bits per heavy atom. The summed E-state index contributed by atoms with van der Waals surface area (Å²) in [6, 6.07) is 3.51. The van der Waals surface area contributed by atoms with Crippen molar-refractivity contribution in [1.82, 2.24) is 9.88 Å². The highest BCUT2D eigenvalue weighted by Gasteiger charge is 2.20. The Labute approximate surface area is 123 Å². The number of aromatic nitrogens is 1. The molecule has 2 rings (SSSR count). The van der Waals surface area contributed by atoms with Crippen molar-refractivity contribution in [1.29, 1.82) is 0 Å². The Hall–Kier alpha value is -2.37. The summed E-state index contributed by atoms with van der Waals surface area (Å²) in [4.78, 5) is 30.6. The van der Waals surface area contributed by atoms with Crippen LogP contribution in [0.15, 0.2) is 24.4 Å². The predicted octanol–water partition coefficient (Wildman–Crippen LogP) is 1.24. The van der Waals surface area contributed by atoms with Gasteiger partial charge in [-0.15, -0.1) is 0 Å². The van der Waals surface area contributed by atoms with Crippen molar-refractivity contribution in [2.75, 3.05) is 31.6 Å². The van der Waals surface area contributed by atoms with Gasteiger partial charge < -0.3 is 14.9 Å². The van der Waals surface area contributed by atoms with Gasteiger partial charge in [0.2, 0.25) is 5.91 Å². The maximum Gasteiger partial charge on any atom is 0.328 e. The van der Waals surface area contributed by atoms with E-state index >= 15 is 0 Å². The van der Waals surface area contributed by atoms with E-state index in [9.17, 15) is 9.59 Å². The van der Waals surface area contributed by atoms with E-state index in [1.165, 1.54) is 6.08 Å². The highest BCUT2D eigenvalue weighted by molar-refractivity contribution is 5.87. The lowest BCUT2D eigenvalue weighted by Crippen LogP contribution is -2.37. The first kappa shape index (κ1) is 15.0. The number of carbonyl (C=O) groups excluding carboxylic acids is 1. The van der Waals surface area contributed by atoms with Crippen LogP contribution in [-0.4, -0.2) is 53.5 Å².